The van der Waals surface area contributed by atoms with E-state index < -0.39 is 51.9 Å². The van der Waals surface area contributed by atoms with E-state index in [4.69, 9.17) is 23.1 Å². The zero-order chi connectivity index (χ0) is 25.8. The maximum atomic E-state index is 14.0. The van der Waals surface area contributed by atoms with Crippen molar-refractivity contribution >= 4 is 27.6 Å². The Kier molecular flexibility index (Phi) is 6.25. The lowest BCUT2D eigenvalue weighted by Gasteiger charge is -2.30. The highest BCUT2D eigenvalue weighted by atomic mass is 35.5. The van der Waals surface area contributed by atoms with Gasteiger partial charge in [-0.1, -0.05) is 23.7 Å². The number of alkyl halides is 5. The van der Waals surface area contributed by atoms with Crippen molar-refractivity contribution in [3.8, 4) is 11.1 Å². The Labute approximate surface area is 202 Å². The Balaban J connectivity index is 1.71. The number of nitrogens with two attached hydrogens (primary N) is 2. The predicted molar refractivity (Wildman–Crippen MR) is 119 cm³/mol. The Morgan fingerprint density at radius 3 is 2.20 bits per heavy atom. The highest BCUT2D eigenvalue weighted by molar-refractivity contribution is 7.89. The molecule has 15 heteroatoms. The lowest BCUT2D eigenvalue weighted by molar-refractivity contribution is -0.137. The monoisotopic (exact) mass is 538 g/mol. The Bertz CT molecular complexity index is 1280. The summed E-state index contributed by atoms with van der Waals surface area (Å²) in [5, 5.41) is -0.309. The third-order valence-electron chi connectivity index (χ3n) is 5.75. The second-order valence-electron chi connectivity index (χ2n) is 8.18. The van der Waals surface area contributed by atoms with Gasteiger partial charge in [0.1, 0.15) is 0 Å². The first kappa shape index (κ1) is 25.6. The van der Waals surface area contributed by atoms with Gasteiger partial charge in [0.05, 0.1) is 10.5 Å². The number of hydrogen-bond donors (Lipinski definition) is 4. The van der Waals surface area contributed by atoms with Gasteiger partial charge in [-0.25, -0.2) is 22.2 Å². The molecule has 2 aromatic rings. The van der Waals surface area contributed by atoms with Crippen LogP contribution in [0.2, 0.25) is 5.02 Å². The van der Waals surface area contributed by atoms with Gasteiger partial charge in [0.15, 0.2) is 0 Å². The van der Waals surface area contributed by atoms with Crippen molar-refractivity contribution < 1.29 is 30.4 Å². The van der Waals surface area contributed by atoms with E-state index in [1.54, 1.807) is 0 Å². The largest absolute Gasteiger partial charge is 0.417 e. The van der Waals surface area contributed by atoms with E-state index in [2.05, 4.69) is 15.8 Å². The number of hydrogen-bond acceptors (Lipinski definition) is 7. The summed E-state index contributed by atoms with van der Waals surface area (Å²) in [6.07, 6.45) is -6.07. The topological polar surface area (TPSA) is 126 Å². The van der Waals surface area contributed by atoms with E-state index in [0.717, 1.165) is 22.5 Å². The Hall–Kier alpha value is -2.52. The zero-order valence-corrected chi connectivity index (χ0v) is 19.4. The number of hydrazine groups is 1. The van der Waals surface area contributed by atoms with E-state index in [-0.39, 0.29) is 40.1 Å². The molecule has 0 spiro atoms. The number of aliphatic imine (C=N–C) groups is 1. The van der Waals surface area contributed by atoms with Crippen LogP contribution in [0.5, 0.6) is 0 Å². The highest BCUT2D eigenvalue weighted by Gasteiger charge is 2.40. The van der Waals surface area contributed by atoms with Gasteiger partial charge >= 0.3 is 6.18 Å². The third-order valence-corrected chi connectivity index (χ3v) is 7.96. The average molecular weight is 539 g/mol. The molecule has 35 heavy (non-hydrogen) atoms. The van der Waals surface area contributed by atoms with Crippen molar-refractivity contribution in [3.63, 3.8) is 0 Å². The summed E-state index contributed by atoms with van der Waals surface area (Å²) in [4.78, 5) is 3.62. The quantitative estimate of drug-likeness (QED) is 0.444. The molecule has 1 atom stereocenters. The lowest BCUT2D eigenvalue weighted by atomic mass is 9.95. The van der Waals surface area contributed by atoms with Gasteiger partial charge in [0.2, 0.25) is 21.8 Å². The minimum Gasteiger partial charge on any atom is -0.369 e. The van der Waals surface area contributed by atoms with Gasteiger partial charge in [-0.15, -0.1) is 0 Å². The average Bonchev–Trinajstić information content (AvgIpc) is 3.12. The molecule has 0 aromatic heterocycles. The SMILES string of the molecule is NC1=NC(N)(c2cc(Cl)c(-c3ccc(S(=O)(=O)N4CCC(F)(F)CC4)cc3)c(C(F)(F)F)c2)NN1. The third kappa shape index (κ3) is 4.93. The second-order valence-corrected chi connectivity index (χ2v) is 10.5. The molecule has 8 nitrogen and oxygen atoms in total. The van der Waals surface area contributed by atoms with Crippen molar-refractivity contribution in [2.24, 2.45) is 16.5 Å². The van der Waals surface area contributed by atoms with Gasteiger partial charge in [0.25, 0.3) is 5.92 Å². The minimum absolute atomic E-state index is 0.00963. The van der Waals surface area contributed by atoms with Gasteiger partial charge < -0.3 is 5.73 Å². The first-order valence-electron chi connectivity index (χ1n) is 10.2. The molecule has 1 saturated heterocycles. The predicted octanol–water partition coefficient (Wildman–Crippen LogP) is 2.94. The normalized spacial score (nSPS) is 23.1. The summed E-state index contributed by atoms with van der Waals surface area (Å²) in [5.74, 6) is -4.86. The molecule has 0 bridgehead atoms. The van der Waals surface area contributed by atoms with Crippen molar-refractivity contribution in [1.82, 2.24) is 15.2 Å². The molecular formula is C20H20ClF5N6O2S. The van der Waals surface area contributed by atoms with Crippen LogP contribution in [-0.4, -0.2) is 37.7 Å². The molecule has 0 saturated carbocycles. The number of halogens is 6. The van der Waals surface area contributed by atoms with Crippen LogP contribution in [-0.2, 0) is 22.0 Å². The molecule has 190 valence electrons. The molecule has 2 aliphatic rings. The summed E-state index contributed by atoms with van der Waals surface area (Å²) in [6.45, 7) is -0.724. The maximum Gasteiger partial charge on any atom is 0.417 e. The fraction of sp³-hybridized carbons (Fsp3) is 0.350. The summed E-state index contributed by atoms with van der Waals surface area (Å²) in [6, 6.07) is 6.54. The molecule has 2 heterocycles. The molecule has 2 aliphatic heterocycles. The lowest BCUT2D eigenvalue weighted by Crippen LogP contribution is -2.50. The van der Waals surface area contributed by atoms with Gasteiger partial charge in [-0.2, -0.15) is 22.9 Å². The van der Waals surface area contributed by atoms with Crippen LogP contribution < -0.4 is 22.3 Å². The zero-order valence-electron chi connectivity index (χ0n) is 17.8. The summed E-state index contributed by atoms with van der Waals surface area (Å²) < 4.78 is 95.3. The first-order chi connectivity index (χ1) is 16.1. The first-order valence-corrected chi connectivity index (χ1v) is 12.0. The maximum absolute atomic E-state index is 14.0. The van der Waals surface area contributed by atoms with Crippen molar-refractivity contribution in [3.05, 3.63) is 52.5 Å². The smallest absolute Gasteiger partial charge is 0.369 e. The number of sulfonamides is 1. The molecule has 1 unspecified atom stereocenters. The van der Waals surface area contributed by atoms with Crippen LogP contribution >= 0.6 is 11.6 Å². The van der Waals surface area contributed by atoms with Gasteiger partial charge in [0, 0.05) is 42.1 Å². The number of benzene rings is 2. The molecule has 0 aliphatic carbocycles. The fourth-order valence-electron chi connectivity index (χ4n) is 3.88. The molecule has 2 aromatic carbocycles. The van der Waals surface area contributed by atoms with Crippen LogP contribution in [0.25, 0.3) is 11.1 Å². The standard InChI is InChI=1S/C20H20ClF5N6O2S/c21-15-10-12(20(28)29-17(27)30-31-20)9-14(19(24,25)26)16(15)11-1-3-13(4-2-11)35(33,34)32-7-5-18(22,23)6-8-32/h1-4,9-10,31H,5-8,28H2,(H3,27,29,30). The van der Waals surface area contributed by atoms with E-state index in [1.807, 2.05) is 0 Å². The fourth-order valence-corrected chi connectivity index (χ4v) is 5.65. The molecule has 4 rings (SSSR count). The van der Waals surface area contributed by atoms with Crippen LogP contribution in [0.3, 0.4) is 0 Å². The molecular weight excluding hydrogens is 519 g/mol. The summed E-state index contributed by atoms with van der Waals surface area (Å²) >= 11 is 6.25. The number of nitrogens with zero attached hydrogens (tertiary/aromatic N) is 2. The summed E-state index contributed by atoms with van der Waals surface area (Å²) in [5.41, 5.74) is 14.8. The van der Waals surface area contributed by atoms with E-state index in [1.165, 1.54) is 18.2 Å². The number of nitrogens with one attached hydrogen (secondary N) is 2. The van der Waals surface area contributed by atoms with Crippen LogP contribution in [0.15, 0.2) is 46.3 Å². The van der Waals surface area contributed by atoms with Crippen LogP contribution in [0.1, 0.15) is 24.0 Å². The summed E-state index contributed by atoms with van der Waals surface area (Å²) in [7, 11) is -4.10. The van der Waals surface area contributed by atoms with E-state index in [0.29, 0.717) is 0 Å². The van der Waals surface area contributed by atoms with Crippen molar-refractivity contribution in [1.29, 1.82) is 0 Å². The van der Waals surface area contributed by atoms with Gasteiger partial charge in [-0.3, -0.25) is 11.2 Å². The van der Waals surface area contributed by atoms with E-state index >= 15 is 0 Å². The van der Waals surface area contributed by atoms with Gasteiger partial charge in [-0.05, 0) is 29.8 Å². The highest BCUT2D eigenvalue weighted by Crippen LogP contribution is 2.43. The minimum atomic E-state index is -4.85. The van der Waals surface area contributed by atoms with Crippen LogP contribution in [0, 0.1) is 0 Å². The number of piperidine rings is 1. The van der Waals surface area contributed by atoms with Crippen LogP contribution in [0.4, 0.5) is 22.0 Å². The number of guanidine groups is 1. The molecule has 1 fully saturated rings. The van der Waals surface area contributed by atoms with E-state index in [9.17, 15) is 30.4 Å². The second kappa shape index (κ2) is 8.55. The van der Waals surface area contributed by atoms with Crippen molar-refractivity contribution in [2.75, 3.05) is 13.1 Å². The molecule has 6 N–H and O–H groups in total. The Morgan fingerprint density at radius 2 is 1.69 bits per heavy atom. The number of rotatable bonds is 4. The molecule has 0 amide bonds. The van der Waals surface area contributed by atoms with Crippen molar-refractivity contribution in [2.45, 2.75) is 35.6 Å². The molecule has 0 radical (unpaired) electrons. The Morgan fingerprint density at radius 1 is 1.09 bits per heavy atom.